The van der Waals surface area contributed by atoms with E-state index in [4.69, 9.17) is 10.5 Å². The van der Waals surface area contributed by atoms with Gasteiger partial charge >= 0.3 is 0 Å². The number of nitrogens with two attached hydrogens (primary N) is 1. The Bertz CT molecular complexity index is 583. The molecule has 0 spiro atoms. The number of thioether (sulfide) groups is 1. The molecule has 0 aliphatic heterocycles. The largest absolute Gasteiger partial charge is 0.496 e. The predicted octanol–water partition coefficient (Wildman–Crippen LogP) is 4.33. The van der Waals surface area contributed by atoms with Gasteiger partial charge in [0.2, 0.25) is 0 Å². The van der Waals surface area contributed by atoms with Crippen LogP contribution in [0.25, 0.3) is 0 Å². The van der Waals surface area contributed by atoms with E-state index in [1.54, 1.807) is 7.11 Å². The highest BCUT2D eigenvalue weighted by Gasteiger charge is 2.20. The summed E-state index contributed by atoms with van der Waals surface area (Å²) in [5, 5.41) is 0.224. The Labute approximate surface area is 131 Å². The van der Waals surface area contributed by atoms with E-state index in [0.717, 1.165) is 11.5 Å². The fourth-order valence-electron chi connectivity index (χ4n) is 2.41. The Morgan fingerprint density at radius 1 is 1.14 bits per heavy atom. The van der Waals surface area contributed by atoms with Crippen molar-refractivity contribution in [2.24, 2.45) is 5.73 Å². The highest BCUT2D eigenvalue weighted by Crippen LogP contribution is 2.38. The molecule has 3 heteroatoms. The molecule has 0 heterocycles. The Morgan fingerprint density at radius 3 is 2.57 bits per heavy atom. The fourth-order valence-corrected chi connectivity index (χ4v) is 3.64. The van der Waals surface area contributed by atoms with Crippen LogP contribution in [0.15, 0.2) is 48.5 Å². The van der Waals surface area contributed by atoms with Crippen molar-refractivity contribution in [3.05, 3.63) is 65.2 Å². The van der Waals surface area contributed by atoms with Gasteiger partial charge in [0.05, 0.1) is 7.11 Å². The number of methoxy groups -OCH3 is 1. The van der Waals surface area contributed by atoms with Crippen LogP contribution in [0.2, 0.25) is 0 Å². The molecule has 2 unspecified atom stereocenters. The monoisotopic (exact) mass is 301 g/mol. The van der Waals surface area contributed by atoms with Crippen LogP contribution in [0.1, 0.15) is 28.9 Å². The third kappa shape index (κ3) is 4.26. The summed E-state index contributed by atoms with van der Waals surface area (Å²) in [7, 11) is 1.71. The quantitative estimate of drug-likeness (QED) is 0.862. The molecule has 2 aromatic rings. The predicted molar refractivity (Wildman–Crippen MR) is 91.9 cm³/mol. The maximum Gasteiger partial charge on any atom is 0.123 e. The molecule has 21 heavy (non-hydrogen) atoms. The van der Waals surface area contributed by atoms with Gasteiger partial charge in [-0.05, 0) is 25.5 Å². The second-order valence-corrected chi connectivity index (χ2v) is 6.45. The summed E-state index contributed by atoms with van der Waals surface area (Å²) in [6, 6.07) is 16.8. The van der Waals surface area contributed by atoms with E-state index >= 15 is 0 Å². The van der Waals surface area contributed by atoms with Gasteiger partial charge in [0, 0.05) is 22.6 Å². The Hall–Kier alpha value is -1.45. The first kappa shape index (κ1) is 15.9. The van der Waals surface area contributed by atoms with Crippen molar-refractivity contribution in [3.63, 3.8) is 0 Å². The maximum atomic E-state index is 6.21. The van der Waals surface area contributed by atoms with Gasteiger partial charge in [-0.3, -0.25) is 0 Å². The first-order valence-electron chi connectivity index (χ1n) is 7.17. The first-order chi connectivity index (χ1) is 10.1. The molecular weight excluding hydrogens is 278 g/mol. The van der Waals surface area contributed by atoms with Gasteiger partial charge in [-0.15, -0.1) is 11.8 Å². The van der Waals surface area contributed by atoms with Gasteiger partial charge in [0.1, 0.15) is 5.75 Å². The molecule has 2 aromatic carbocycles. The van der Waals surface area contributed by atoms with Gasteiger partial charge in [0.15, 0.2) is 0 Å². The molecule has 0 aromatic heterocycles. The molecule has 2 N–H and O–H groups in total. The van der Waals surface area contributed by atoms with Crippen LogP contribution >= 0.6 is 11.8 Å². The molecule has 2 atom stereocenters. The van der Waals surface area contributed by atoms with Crippen LogP contribution in [0, 0.1) is 6.92 Å². The van der Waals surface area contributed by atoms with Crippen LogP contribution < -0.4 is 10.5 Å². The summed E-state index contributed by atoms with van der Waals surface area (Å²) in [5.74, 6) is 1.86. The highest BCUT2D eigenvalue weighted by molar-refractivity contribution is 7.98. The molecule has 0 amide bonds. The SMILES string of the molecule is COc1ccccc1C(SCc1cccc(C)c1)C(C)N. The minimum absolute atomic E-state index is 0.0658. The van der Waals surface area contributed by atoms with E-state index in [2.05, 4.69) is 44.2 Å². The molecule has 0 saturated heterocycles. The molecular formula is C18H23NOS. The average Bonchev–Trinajstić information content (AvgIpc) is 2.47. The second kappa shape index (κ2) is 7.53. The van der Waals surface area contributed by atoms with E-state index in [0.29, 0.717) is 0 Å². The average molecular weight is 301 g/mol. The molecule has 0 saturated carbocycles. The lowest BCUT2D eigenvalue weighted by Crippen LogP contribution is -2.23. The summed E-state index contributed by atoms with van der Waals surface area (Å²) in [6.45, 7) is 4.18. The Balaban J connectivity index is 2.16. The third-order valence-corrected chi connectivity index (χ3v) is 4.98. The zero-order valence-electron chi connectivity index (χ0n) is 12.9. The number of aryl methyl sites for hydroxylation is 1. The summed E-state index contributed by atoms with van der Waals surface area (Å²) >= 11 is 1.87. The van der Waals surface area contributed by atoms with Gasteiger partial charge in [0.25, 0.3) is 0 Å². The molecule has 112 valence electrons. The summed E-state index contributed by atoms with van der Waals surface area (Å²) in [5.41, 5.74) is 10.0. The number of para-hydroxylation sites is 1. The van der Waals surface area contributed by atoms with Gasteiger partial charge < -0.3 is 10.5 Å². The van der Waals surface area contributed by atoms with Crippen LogP contribution in [0.3, 0.4) is 0 Å². The molecule has 0 bridgehead atoms. The normalized spacial score (nSPS) is 13.7. The molecule has 2 nitrogen and oxygen atoms in total. The van der Waals surface area contributed by atoms with E-state index < -0.39 is 0 Å². The van der Waals surface area contributed by atoms with Crippen LogP contribution in [0.4, 0.5) is 0 Å². The zero-order chi connectivity index (χ0) is 15.2. The van der Waals surface area contributed by atoms with Crippen LogP contribution in [-0.4, -0.2) is 13.2 Å². The number of rotatable bonds is 6. The number of hydrogen-bond acceptors (Lipinski definition) is 3. The van der Waals surface area contributed by atoms with Crippen molar-refractivity contribution < 1.29 is 4.74 Å². The number of hydrogen-bond donors (Lipinski definition) is 1. The van der Waals surface area contributed by atoms with Crippen LogP contribution in [0.5, 0.6) is 5.75 Å². The second-order valence-electron chi connectivity index (χ2n) is 5.32. The molecule has 2 rings (SSSR count). The smallest absolute Gasteiger partial charge is 0.123 e. The van der Waals surface area contributed by atoms with Crippen molar-refractivity contribution in [2.75, 3.05) is 7.11 Å². The third-order valence-electron chi connectivity index (χ3n) is 3.44. The highest BCUT2D eigenvalue weighted by atomic mass is 32.2. The number of ether oxygens (including phenoxy) is 1. The van der Waals surface area contributed by atoms with Crippen molar-refractivity contribution in [1.82, 2.24) is 0 Å². The van der Waals surface area contributed by atoms with Crippen molar-refractivity contribution in [3.8, 4) is 5.75 Å². The lowest BCUT2D eigenvalue weighted by molar-refractivity contribution is 0.408. The summed E-state index contributed by atoms with van der Waals surface area (Å²) in [6.07, 6.45) is 0. The number of benzene rings is 2. The molecule has 0 aliphatic rings. The fraction of sp³-hybridized carbons (Fsp3) is 0.333. The van der Waals surface area contributed by atoms with Crippen molar-refractivity contribution in [1.29, 1.82) is 0 Å². The molecule has 0 fully saturated rings. The van der Waals surface area contributed by atoms with Gasteiger partial charge in [-0.25, -0.2) is 0 Å². The Kier molecular flexibility index (Phi) is 5.71. The summed E-state index contributed by atoms with van der Waals surface area (Å²) in [4.78, 5) is 0. The zero-order valence-corrected chi connectivity index (χ0v) is 13.7. The minimum Gasteiger partial charge on any atom is -0.496 e. The van der Waals surface area contributed by atoms with Crippen molar-refractivity contribution >= 4 is 11.8 Å². The first-order valence-corrected chi connectivity index (χ1v) is 8.22. The van der Waals surface area contributed by atoms with Crippen molar-refractivity contribution in [2.45, 2.75) is 30.9 Å². The lowest BCUT2D eigenvalue weighted by atomic mass is 10.1. The lowest BCUT2D eigenvalue weighted by Gasteiger charge is -2.23. The topological polar surface area (TPSA) is 35.2 Å². The van der Waals surface area contributed by atoms with E-state index in [1.165, 1.54) is 16.7 Å². The van der Waals surface area contributed by atoms with E-state index in [9.17, 15) is 0 Å². The minimum atomic E-state index is 0.0658. The van der Waals surface area contributed by atoms with E-state index in [-0.39, 0.29) is 11.3 Å². The Morgan fingerprint density at radius 2 is 1.90 bits per heavy atom. The molecule has 0 radical (unpaired) electrons. The molecule has 0 aliphatic carbocycles. The van der Waals surface area contributed by atoms with Gasteiger partial charge in [-0.2, -0.15) is 0 Å². The van der Waals surface area contributed by atoms with Crippen LogP contribution in [-0.2, 0) is 5.75 Å². The maximum absolute atomic E-state index is 6.21. The van der Waals surface area contributed by atoms with Gasteiger partial charge in [-0.1, -0.05) is 48.0 Å². The van der Waals surface area contributed by atoms with E-state index in [1.807, 2.05) is 30.0 Å². The standard InChI is InChI=1S/C18H23NOS/c1-13-7-6-8-15(11-13)12-21-18(14(2)19)16-9-4-5-10-17(16)20-3/h4-11,14,18H,12,19H2,1-3H3. The summed E-state index contributed by atoms with van der Waals surface area (Å²) < 4.78 is 5.48.